The monoisotopic (exact) mass is 210 g/mol. The molecule has 0 aromatic carbocycles. The van der Waals surface area contributed by atoms with Crippen molar-refractivity contribution in [2.45, 2.75) is 0 Å². The van der Waals surface area contributed by atoms with Crippen molar-refractivity contribution in [1.82, 2.24) is 0 Å². The minimum Gasteiger partial charge on any atom is -0.352 e. The normalized spacial score (nSPS) is 8.20. The third-order valence-corrected chi connectivity index (χ3v) is 0. The number of hydrogen-bond acceptors (Lipinski definition) is 3. The van der Waals surface area contributed by atoms with E-state index in [0.717, 1.165) is 0 Å². The number of amides is 2. The SMILES string of the molecule is NC(N)=O.O=S(=O)(O)O.[Cr]. The van der Waals surface area contributed by atoms with Crippen molar-refractivity contribution < 1.29 is 39.7 Å². The van der Waals surface area contributed by atoms with Crippen LogP contribution in [0.3, 0.4) is 0 Å². The maximum atomic E-state index is 9.00. The Hall–Kier alpha value is -0.328. The predicted octanol–water partition coefficient (Wildman–Crippen LogP) is -1.63. The number of carbonyl (C=O) groups is 1. The van der Waals surface area contributed by atoms with E-state index >= 15 is 0 Å². The minimum atomic E-state index is -4.67. The van der Waals surface area contributed by atoms with E-state index in [2.05, 4.69) is 11.5 Å². The summed E-state index contributed by atoms with van der Waals surface area (Å²) >= 11 is 0. The molecule has 0 aromatic rings. The Morgan fingerprint density at radius 2 is 1.20 bits per heavy atom. The molecule has 7 nitrogen and oxygen atoms in total. The van der Waals surface area contributed by atoms with Crippen LogP contribution in [0.25, 0.3) is 0 Å². The van der Waals surface area contributed by atoms with E-state index in [1.165, 1.54) is 0 Å². The molecule has 0 radical (unpaired) electrons. The van der Waals surface area contributed by atoms with Crippen LogP contribution in [0, 0.1) is 0 Å². The van der Waals surface area contributed by atoms with Crippen LogP contribution in [0.4, 0.5) is 4.79 Å². The molecule has 0 bridgehead atoms. The maximum Gasteiger partial charge on any atom is 0.394 e. The summed E-state index contributed by atoms with van der Waals surface area (Å²) in [5.74, 6) is 0. The molecule has 0 heterocycles. The Morgan fingerprint density at radius 1 is 1.20 bits per heavy atom. The van der Waals surface area contributed by atoms with Crippen LogP contribution in [0.5, 0.6) is 0 Å². The van der Waals surface area contributed by atoms with Crippen LogP contribution in [0.1, 0.15) is 0 Å². The van der Waals surface area contributed by atoms with Crippen molar-refractivity contribution >= 4 is 16.4 Å². The summed E-state index contributed by atoms with van der Waals surface area (Å²) in [6.45, 7) is 0. The van der Waals surface area contributed by atoms with Gasteiger partial charge in [-0.1, -0.05) is 0 Å². The van der Waals surface area contributed by atoms with Crippen molar-refractivity contribution in [3.05, 3.63) is 0 Å². The van der Waals surface area contributed by atoms with Gasteiger partial charge in [0.1, 0.15) is 0 Å². The summed E-state index contributed by atoms with van der Waals surface area (Å²) in [7, 11) is -4.67. The van der Waals surface area contributed by atoms with Gasteiger partial charge in [0.25, 0.3) is 0 Å². The molecule has 0 spiro atoms. The molecular weight excluding hydrogens is 204 g/mol. The molecule has 0 fully saturated rings. The van der Waals surface area contributed by atoms with E-state index in [-0.39, 0.29) is 17.4 Å². The molecule has 0 aliphatic carbocycles. The largest absolute Gasteiger partial charge is 0.394 e. The molecule has 0 atom stereocenters. The Morgan fingerprint density at radius 3 is 1.20 bits per heavy atom. The summed E-state index contributed by atoms with van der Waals surface area (Å²) in [5, 5.41) is 0. The van der Waals surface area contributed by atoms with E-state index in [1.807, 2.05) is 0 Å². The van der Waals surface area contributed by atoms with Gasteiger partial charge < -0.3 is 11.5 Å². The summed E-state index contributed by atoms with van der Waals surface area (Å²) in [5.41, 5.74) is 8.50. The van der Waals surface area contributed by atoms with Gasteiger partial charge in [0.05, 0.1) is 0 Å². The van der Waals surface area contributed by atoms with E-state index in [1.54, 1.807) is 0 Å². The first-order valence-corrected chi connectivity index (χ1v) is 2.88. The molecule has 0 aliphatic heterocycles. The van der Waals surface area contributed by atoms with Crippen molar-refractivity contribution in [3.8, 4) is 0 Å². The number of primary amides is 2. The zero-order valence-electron chi connectivity index (χ0n) is 4.59. The smallest absolute Gasteiger partial charge is 0.352 e. The van der Waals surface area contributed by atoms with E-state index < -0.39 is 16.4 Å². The topological polar surface area (TPSA) is 144 Å². The van der Waals surface area contributed by atoms with Gasteiger partial charge >= 0.3 is 16.4 Å². The molecular formula is CH6CrN2O5S. The molecule has 0 aliphatic rings. The summed E-state index contributed by atoms with van der Waals surface area (Å²) in [6, 6.07) is -0.833. The van der Waals surface area contributed by atoms with Crippen LogP contribution < -0.4 is 11.5 Å². The second-order valence-electron chi connectivity index (χ2n) is 0.850. The second kappa shape index (κ2) is 6.79. The molecule has 0 saturated carbocycles. The predicted molar refractivity (Wildman–Crippen MR) is 27.9 cm³/mol. The Kier molecular flexibility index (Phi) is 11.1. The molecule has 0 aromatic heterocycles. The van der Waals surface area contributed by atoms with Gasteiger partial charge in [0.15, 0.2) is 0 Å². The Balaban J connectivity index is -0.0000000910. The standard InChI is InChI=1S/CH4N2O.Cr.H2O4S/c2-1(3)4;;1-5(2,3)4/h(H4,2,3,4);;(H2,1,2,3,4). The van der Waals surface area contributed by atoms with Crippen molar-refractivity contribution in [2.75, 3.05) is 0 Å². The van der Waals surface area contributed by atoms with Crippen LogP contribution in [0.2, 0.25) is 0 Å². The molecule has 2 amide bonds. The summed E-state index contributed by atoms with van der Waals surface area (Å²) in [6.07, 6.45) is 0. The van der Waals surface area contributed by atoms with Gasteiger partial charge in [0, 0.05) is 17.4 Å². The van der Waals surface area contributed by atoms with Crippen LogP contribution in [-0.4, -0.2) is 23.6 Å². The fourth-order valence-corrected chi connectivity index (χ4v) is 0. The van der Waals surface area contributed by atoms with Gasteiger partial charge in [-0.15, -0.1) is 0 Å². The van der Waals surface area contributed by atoms with E-state index in [4.69, 9.17) is 22.3 Å². The van der Waals surface area contributed by atoms with Gasteiger partial charge in [0.2, 0.25) is 0 Å². The van der Waals surface area contributed by atoms with Crippen LogP contribution in [0.15, 0.2) is 0 Å². The average molecular weight is 210 g/mol. The molecule has 62 valence electrons. The van der Waals surface area contributed by atoms with Gasteiger partial charge in [-0.3, -0.25) is 9.11 Å². The molecule has 6 N–H and O–H groups in total. The van der Waals surface area contributed by atoms with Crippen molar-refractivity contribution in [1.29, 1.82) is 0 Å². The summed E-state index contributed by atoms with van der Waals surface area (Å²) in [4.78, 5) is 9.00. The molecule has 0 unspecified atom stereocenters. The zero-order valence-corrected chi connectivity index (χ0v) is 6.68. The number of hydrogen-bond donors (Lipinski definition) is 4. The number of carbonyl (C=O) groups excluding carboxylic acids is 1. The van der Waals surface area contributed by atoms with Gasteiger partial charge in [-0.05, 0) is 0 Å². The molecule has 0 rings (SSSR count). The second-order valence-corrected chi connectivity index (χ2v) is 1.75. The van der Waals surface area contributed by atoms with Gasteiger partial charge in [-0.25, -0.2) is 4.79 Å². The van der Waals surface area contributed by atoms with Crippen molar-refractivity contribution in [2.24, 2.45) is 11.5 Å². The number of rotatable bonds is 0. The number of urea groups is 1. The number of nitrogens with two attached hydrogens (primary N) is 2. The third-order valence-electron chi connectivity index (χ3n) is 0. The maximum absolute atomic E-state index is 9.00. The molecule has 10 heavy (non-hydrogen) atoms. The summed E-state index contributed by atoms with van der Waals surface area (Å²) < 4.78 is 31.6. The van der Waals surface area contributed by atoms with Crippen LogP contribution in [-0.2, 0) is 27.8 Å². The first-order chi connectivity index (χ1) is 3.73. The Bertz CT molecular complexity index is 162. The van der Waals surface area contributed by atoms with E-state index in [9.17, 15) is 0 Å². The van der Waals surface area contributed by atoms with Crippen molar-refractivity contribution in [3.63, 3.8) is 0 Å². The average Bonchev–Trinajstić information content (AvgIpc) is 1.19. The van der Waals surface area contributed by atoms with E-state index in [0.29, 0.717) is 0 Å². The third kappa shape index (κ3) is 3180. The minimum absolute atomic E-state index is 0. The molecule has 0 saturated heterocycles. The zero-order chi connectivity index (χ0) is 8.08. The molecule has 9 heteroatoms. The Labute approximate surface area is 68.1 Å². The fourth-order valence-electron chi connectivity index (χ4n) is 0. The first-order valence-electron chi connectivity index (χ1n) is 1.48. The van der Waals surface area contributed by atoms with Crippen LogP contribution >= 0.6 is 0 Å². The quantitative estimate of drug-likeness (QED) is 0.355. The first kappa shape index (κ1) is 16.3. The fraction of sp³-hybridized carbons (Fsp3) is 0. The van der Waals surface area contributed by atoms with Gasteiger partial charge in [-0.2, -0.15) is 8.42 Å².